The van der Waals surface area contributed by atoms with Crippen LogP contribution in [-0.4, -0.2) is 108 Å². The van der Waals surface area contributed by atoms with E-state index in [0.717, 1.165) is 10.6 Å². The second-order valence-corrected chi connectivity index (χ2v) is 21.4. The molecule has 2 aliphatic heterocycles. The van der Waals surface area contributed by atoms with Crippen LogP contribution in [0.25, 0.3) is 43.3 Å². The van der Waals surface area contributed by atoms with Crippen LogP contribution < -0.4 is 40.2 Å². The first-order valence-corrected chi connectivity index (χ1v) is 26.8. The molecule has 2 atom stereocenters. The van der Waals surface area contributed by atoms with Gasteiger partial charge in [0, 0.05) is 61.3 Å². The van der Waals surface area contributed by atoms with Crippen LogP contribution in [0.5, 0.6) is 23.1 Å². The number of likely N-dealkylation sites (N-methyl/N-ethyl adjacent to an activating group) is 1. The molecule has 4 N–H and O–H groups in total. The molecule has 3 aromatic carbocycles. The highest BCUT2D eigenvalue weighted by molar-refractivity contribution is 7.22. The maximum Gasteiger partial charge on any atom is 0.407 e. The molecule has 406 valence electrons. The first-order chi connectivity index (χ1) is 37.0. The van der Waals surface area contributed by atoms with Gasteiger partial charge in [0.2, 0.25) is 12.0 Å². The molecule has 6 heterocycles. The Balaban J connectivity index is 1.15. The summed E-state index contributed by atoms with van der Waals surface area (Å²) in [5.74, 6) is 0.625. The highest BCUT2D eigenvalue weighted by Gasteiger charge is 2.32. The van der Waals surface area contributed by atoms with Gasteiger partial charge in [-0.05, 0) is 118 Å². The Morgan fingerprint density at radius 1 is 0.909 bits per heavy atom. The van der Waals surface area contributed by atoms with Crippen LogP contribution in [0.2, 0.25) is 10.0 Å². The SMILES string of the molecule is CNCCNC[C@@H]1COc2ccc(OCc3ccnc(-c4ccc(NCCNC(=O)OC(C)(C)C)cn4)n3)c(c2)C[C@H](C(=O)OCC(C)C)Oc2ncnc3sc(-c4ccc(F)cc4)c(c23)-c2c(C)c(Cl)c(c(Cl)c2C)O1. The summed E-state index contributed by atoms with van der Waals surface area (Å²) in [6.07, 6.45) is 2.26. The van der Waals surface area contributed by atoms with E-state index in [2.05, 4.69) is 36.2 Å². The number of fused-ring (bicyclic) bond motifs is 7. The molecule has 0 saturated carbocycles. The molecule has 2 aliphatic rings. The van der Waals surface area contributed by atoms with Crippen LogP contribution in [0.15, 0.2) is 79.4 Å². The lowest BCUT2D eigenvalue weighted by molar-refractivity contribution is -0.153. The fourth-order valence-corrected chi connectivity index (χ4v) is 9.95. The van der Waals surface area contributed by atoms with Gasteiger partial charge in [-0.25, -0.2) is 33.9 Å². The Morgan fingerprint density at radius 3 is 2.40 bits per heavy atom. The predicted octanol–water partition coefficient (Wildman–Crippen LogP) is 10.6. The normalized spacial score (nSPS) is 14.5. The van der Waals surface area contributed by atoms with Gasteiger partial charge in [-0.2, -0.15) is 0 Å². The average molecular weight is 1110 g/mol. The van der Waals surface area contributed by atoms with Gasteiger partial charge in [-0.1, -0.05) is 49.2 Å². The second kappa shape index (κ2) is 25.5. The zero-order valence-electron chi connectivity index (χ0n) is 44.1. The molecule has 0 fully saturated rings. The monoisotopic (exact) mass is 1110 g/mol. The maximum absolute atomic E-state index is 14.5. The highest BCUT2D eigenvalue weighted by atomic mass is 35.5. The molecule has 4 aromatic heterocycles. The van der Waals surface area contributed by atoms with Gasteiger partial charge in [-0.3, -0.25) is 4.98 Å². The number of thiophene rings is 1. The van der Waals surface area contributed by atoms with Crippen molar-refractivity contribution >= 4 is 62.5 Å². The number of carbonyl (C=O) groups excluding carboxylic acids is 2. The molecule has 0 saturated heterocycles. The molecule has 77 heavy (non-hydrogen) atoms. The zero-order chi connectivity index (χ0) is 54.8. The minimum absolute atomic E-state index is 0.0128. The first-order valence-electron chi connectivity index (χ1n) is 25.2. The number of pyridine rings is 1. The minimum Gasteiger partial charge on any atom is -0.490 e. The Labute approximate surface area is 461 Å². The van der Waals surface area contributed by atoms with Crippen molar-refractivity contribution in [3.05, 3.63) is 118 Å². The van der Waals surface area contributed by atoms with E-state index in [1.807, 2.05) is 61.6 Å². The Kier molecular flexibility index (Phi) is 18.6. The maximum atomic E-state index is 14.5. The van der Waals surface area contributed by atoms with Crippen LogP contribution in [-0.2, 0) is 27.3 Å². The van der Waals surface area contributed by atoms with E-state index in [-0.39, 0.29) is 53.8 Å². The number of rotatable bonds is 17. The van der Waals surface area contributed by atoms with Crippen molar-refractivity contribution in [2.45, 2.75) is 79.3 Å². The van der Waals surface area contributed by atoms with E-state index in [0.29, 0.717) is 105 Å². The van der Waals surface area contributed by atoms with E-state index >= 15 is 0 Å². The van der Waals surface area contributed by atoms with Crippen molar-refractivity contribution in [1.29, 1.82) is 0 Å². The third-order valence-electron chi connectivity index (χ3n) is 12.0. The van der Waals surface area contributed by atoms with Crippen LogP contribution in [0.1, 0.15) is 57.0 Å². The van der Waals surface area contributed by atoms with Gasteiger partial charge in [0.1, 0.15) is 59.1 Å². The largest absolute Gasteiger partial charge is 0.490 e. The molecule has 4 bridgehead atoms. The number of nitrogens with zero attached hydrogens (tertiary/aromatic N) is 5. The van der Waals surface area contributed by atoms with Gasteiger partial charge in [0.15, 0.2) is 11.6 Å². The number of amides is 1. The number of carbonyl (C=O) groups is 2. The van der Waals surface area contributed by atoms with Gasteiger partial charge >= 0.3 is 12.1 Å². The third kappa shape index (κ3) is 14.4. The van der Waals surface area contributed by atoms with Gasteiger partial charge in [0.25, 0.3) is 0 Å². The molecule has 0 aliphatic carbocycles. The lowest BCUT2D eigenvalue weighted by Gasteiger charge is -2.25. The second-order valence-electron chi connectivity index (χ2n) is 19.7. The summed E-state index contributed by atoms with van der Waals surface area (Å²) in [4.78, 5) is 51.0. The van der Waals surface area contributed by atoms with Gasteiger partial charge in [-0.15, -0.1) is 11.3 Å². The Bertz CT molecular complexity index is 3170. The van der Waals surface area contributed by atoms with Crippen molar-refractivity contribution in [3.63, 3.8) is 0 Å². The number of esters is 1. The summed E-state index contributed by atoms with van der Waals surface area (Å²) in [5.41, 5.74) is 5.09. The number of nitrogens with one attached hydrogen (secondary N) is 4. The molecular formula is C56H62Cl2FN9O8S. The van der Waals surface area contributed by atoms with Gasteiger partial charge < -0.3 is 49.7 Å². The molecule has 17 nitrogen and oxygen atoms in total. The summed E-state index contributed by atoms with van der Waals surface area (Å²) >= 11 is 16.0. The fraction of sp³-hybridized carbons (Fsp3) is 0.375. The third-order valence-corrected chi connectivity index (χ3v) is 14.0. The average Bonchev–Trinajstić information content (AvgIpc) is 3.81. The predicted molar refractivity (Wildman–Crippen MR) is 297 cm³/mol. The van der Waals surface area contributed by atoms with Crippen LogP contribution >= 0.6 is 34.5 Å². The summed E-state index contributed by atoms with van der Waals surface area (Å²) in [5, 5.41) is 13.6. The molecule has 1 amide bonds. The summed E-state index contributed by atoms with van der Waals surface area (Å²) in [7, 11) is 1.88. The number of ether oxygens (including phenoxy) is 6. The lowest BCUT2D eigenvalue weighted by Crippen LogP contribution is -2.38. The fourth-order valence-electron chi connectivity index (χ4n) is 8.29. The van der Waals surface area contributed by atoms with Crippen molar-refractivity contribution in [2.75, 3.05) is 58.3 Å². The number of hydrogen-bond donors (Lipinski definition) is 4. The first kappa shape index (κ1) is 56.3. The van der Waals surface area contributed by atoms with Gasteiger partial charge in [0.05, 0.1) is 39.6 Å². The number of halogens is 3. The van der Waals surface area contributed by atoms with E-state index < -0.39 is 35.7 Å². The summed E-state index contributed by atoms with van der Waals surface area (Å²) in [6, 6.07) is 16.9. The molecule has 21 heteroatoms. The molecule has 0 unspecified atom stereocenters. The number of anilines is 1. The number of alkyl carbamates (subject to hydrolysis) is 1. The van der Waals surface area contributed by atoms with Crippen molar-refractivity contribution in [2.24, 2.45) is 5.92 Å². The van der Waals surface area contributed by atoms with E-state index in [1.54, 1.807) is 54.9 Å². The molecule has 0 radical (unpaired) electrons. The molecule has 7 aromatic rings. The highest BCUT2D eigenvalue weighted by Crippen LogP contribution is 2.53. The zero-order valence-corrected chi connectivity index (χ0v) is 46.5. The Morgan fingerprint density at radius 2 is 1.69 bits per heavy atom. The lowest BCUT2D eigenvalue weighted by atomic mass is 9.92. The summed E-state index contributed by atoms with van der Waals surface area (Å²) in [6.45, 7) is 15.8. The molecular weight excluding hydrogens is 1050 g/mol. The van der Waals surface area contributed by atoms with Crippen molar-refractivity contribution in [1.82, 2.24) is 40.9 Å². The summed E-state index contributed by atoms with van der Waals surface area (Å²) < 4.78 is 52.3. The number of benzene rings is 3. The number of aromatic nitrogens is 5. The smallest absolute Gasteiger partial charge is 0.407 e. The van der Waals surface area contributed by atoms with Crippen molar-refractivity contribution < 1.29 is 42.4 Å². The quantitative estimate of drug-likeness (QED) is 0.0495. The van der Waals surface area contributed by atoms with Crippen LogP contribution in [0, 0.1) is 25.6 Å². The van der Waals surface area contributed by atoms with Crippen LogP contribution in [0.3, 0.4) is 0 Å². The van der Waals surface area contributed by atoms with E-state index in [9.17, 15) is 14.0 Å². The standard InChI is InChI=1S/C56H62Cl2FN9O8S/c1-31(2)27-73-54(69)43-24-35-23-39(14-16-42(35)72-28-38-17-18-63-51(68-38)41-15-13-37(25-65-41)62-21-22-64-55(70)76-56(5,6)7)71-29-40(26-61-20-19-60-8)74-49-47(57)32(3)44(33(4)48(49)58)45-46-52(75-43)66-30-67-53(46)77-50(45)34-9-11-36(59)12-10-34/h9-18,23,25,30-31,40,43,60-62H,19-22,24,26-29H2,1-8H3,(H,64,70)/t40-,43-/m1/s1. The Hall–Kier alpha value is -6.90. The molecule has 9 rings (SSSR count). The topological polar surface area (TPSA) is 202 Å². The number of hydrogen-bond acceptors (Lipinski definition) is 17. The van der Waals surface area contributed by atoms with E-state index in [4.69, 9.17) is 61.6 Å². The minimum atomic E-state index is -1.28. The molecule has 0 spiro atoms. The van der Waals surface area contributed by atoms with Crippen LogP contribution in [0.4, 0.5) is 14.9 Å². The van der Waals surface area contributed by atoms with Crippen molar-refractivity contribution in [3.8, 4) is 56.2 Å². The van der Waals surface area contributed by atoms with E-state index in [1.165, 1.54) is 29.8 Å².